The van der Waals surface area contributed by atoms with E-state index in [1.54, 1.807) is 27.6 Å². The maximum atomic E-state index is 14.6. The molecular weight excluding hydrogens is 596 g/mol. The molecule has 3 heterocycles. The van der Waals surface area contributed by atoms with Gasteiger partial charge in [0.1, 0.15) is 5.75 Å². The molecule has 4 atom stereocenters. The van der Waals surface area contributed by atoms with E-state index in [1.807, 2.05) is 24.3 Å². The molecule has 1 spiro atoms. The number of nitrogens with zero attached hydrogens (tertiary/aromatic N) is 2. The Morgan fingerprint density at radius 1 is 0.957 bits per heavy atom. The summed E-state index contributed by atoms with van der Waals surface area (Å²) >= 11 is 0. The lowest BCUT2D eigenvalue weighted by Gasteiger charge is -2.45. The second-order valence-electron chi connectivity index (χ2n) is 13.0. The highest BCUT2D eigenvalue weighted by molar-refractivity contribution is 6.09. The van der Waals surface area contributed by atoms with Crippen LogP contribution in [0.4, 0.5) is 5.69 Å². The molecule has 2 aromatic rings. The highest BCUT2D eigenvalue weighted by atomic mass is 16.5. The molecule has 9 heteroatoms. The van der Waals surface area contributed by atoms with E-state index in [1.165, 1.54) is 7.11 Å². The fourth-order valence-electron chi connectivity index (χ4n) is 8.22. The van der Waals surface area contributed by atoms with E-state index in [0.717, 1.165) is 94.4 Å². The van der Waals surface area contributed by atoms with Crippen LogP contribution in [0.1, 0.15) is 70.3 Å². The summed E-state index contributed by atoms with van der Waals surface area (Å²) in [6.07, 6.45) is 10.4. The van der Waals surface area contributed by atoms with Crippen molar-refractivity contribution in [1.82, 2.24) is 4.90 Å². The van der Waals surface area contributed by atoms with Gasteiger partial charge in [-0.1, -0.05) is 57.2 Å². The zero-order chi connectivity index (χ0) is 33.4. The number of esters is 1. The Morgan fingerprint density at radius 3 is 2.43 bits per heavy atom. The van der Waals surface area contributed by atoms with E-state index >= 15 is 0 Å². The highest BCUT2D eigenvalue weighted by Crippen LogP contribution is 2.55. The number of hydrogen-bond donors (Lipinski definition) is 0. The molecule has 9 nitrogen and oxygen atoms in total. The van der Waals surface area contributed by atoms with Crippen molar-refractivity contribution < 1.29 is 33.3 Å². The van der Waals surface area contributed by atoms with Gasteiger partial charge in [0.15, 0.2) is 11.5 Å². The first kappa shape index (κ1) is 34.6. The highest BCUT2D eigenvalue weighted by Gasteiger charge is 2.62. The van der Waals surface area contributed by atoms with E-state index in [9.17, 15) is 9.59 Å². The largest absolute Gasteiger partial charge is 0.504 e. The molecule has 3 aliphatic heterocycles. The maximum absolute atomic E-state index is 14.6. The summed E-state index contributed by atoms with van der Waals surface area (Å²) in [7, 11) is 6.24. The molecule has 0 N–H and O–H groups in total. The number of carbonyl (C=O) groups excluding carboxylic acids is 2. The Labute approximate surface area is 280 Å². The first-order valence-electron chi connectivity index (χ1n) is 17.2. The predicted molar refractivity (Wildman–Crippen MR) is 182 cm³/mol. The molecule has 0 aliphatic carbocycles. The van der Waals surface area contributed by atoms with Gasteiger partial charge in [-0.2, -0.15) is 0 Å². The van der Waals surface area contributed by atoms with Crippen molar-refractivity contribution in [3.63, 3.8) is 0 Å². The third-order valence-corrected chi connectivity index (χ3v) is 10.6. The average Bonchev–Trinajstić information content (AvgIpc) is 3.60. The van der Waals surface area contributed by atoms with Crippen LogP contribution in [-0.2, 0) is 24.5 Å². The van der Waals surface area contributed by atoms with Crippen molar-refractivity contribution in [3.05, 3.63) is 59.9 Å². The first-order chi connectivity index (χ1) is 22.9. The summed E-state index contributed by atoms with van der Waals surface area (Å²) in [5.41, 5.74) is 2.19. The Bertz CT molecular complexity index is 1410. The van der Waals surface area contributed by atoms with Gasteiger partial charge in [0.25, 0.3) is 0 Å². The zero-order valence-electron chi connectivity index (χ0n) is 28.8. The number of anilines is 1. The van der Waals surface area contributed by atoms with E-state index in [0.29, 0.717) is 29.6 Å². The van der Waals surface area contributed by atoms with Crippen LogP contribution < -0.4 is 19.1 Å². The number of rotatable bonds is 16. The van der Waals surface area contributed by atoms with Gasteiger partial charge >= 0.3 is 5.97 Å². The summed E-state index contributed by atoms with van der Waals surface area (Å²) in [5.74, 6) is 2.29. The minimum atomic E-state index is -0.588. The summed E-state index contributed by atoms with van der Waals surface area (Å²) in [5, 5.41) is 0. The number of methoxy groups -OCH3 is 4. The second-order valence-corrected chi connectivity index (χ2v) is 13.0. The summed E-state index contributed by atoms with van der Waals surface area (Å²) in [6, 6.07) is 14.0. The van der Waals surface area contributed by atoms with Crippen LogP contribution in [0.25, 0.3) is 0 Å². The first-order valence-corrected chi connectivity index (χ1v) is 17.2. The number of hydrogen-bond acceptors (Lipinski definition) is 8. The van der Waals surface area contributed by atoms with Crippen molar-refractivity contribution in [1.29, 1.82) is 0 Å². The van der Waals surface area contributed by atoms with Crippen LogP contribution in [0.2, 0.25) is 0 Å². The smallest absolute Gasteiger partial charge is 0.337 e. The lowest BCUT2D eigenvalue weighted by molar-refractivity contribution is -0.137. The number of fused-ring (bicyclic) bond motifs is 4. The van der Waals surface area contributed by atoms with Crippen molar-refractivity contribution >= 4 is 17.6 Å². The topological polar surface area (TPSA) is 86.8 Å². The summed E-state index contributed by atoms with van der Waals surface area (Å²) in [6.45, 7) is 5.32. The van der Waals surface area contributed by atoms with Crippen molar-refractivity contribution in [2.45, 2.75) is 76.2 Å². The molecule has 256 valence electrons. The van der Waals surface area contributed by atoms with Gasteiger partial charge < -0.3 is 28.6 Å². The number of unbranched alkanes of at least 4 members (excludes halogenated alkanes) is 5. The van der Waals surface area contributed by atoms with Crippen LogP contribution in [0.15, 0.2) is 54.3 Å². The van der Waals surface area contributed by atoms with Gasteiger partial charge in [0.2, 0.25) is 5.91 Å². The molecule has 5 rings (SSSR count). The fraction of sp³-hybridized carbons (Fsp3) is 0.579. The molecule has 2 aromatic carbocycles. The molecule has 2 fully saturated rings. The molecule has 0 saturated carbocycles. The standard InChI is InChI=1S/C38H52N2O7/c1-6-27-25-39-21-19-38(35(39)24-29(27)30(26-43-2)36(41)46-5)31-15-11-12-16-32(31)40(37(38)42)20-13-9-7-8-10-14-22-47-28-17-18-33(44-3)34(23-28)45-4/h11-12,15-18,23,26-27,29,35H,6-10,13-14,19-22,24-25H2,1-5H3/b30-26+/t27-,29?,35?,38+/m0/s1. The van der Waals surface area contributed by atoms with Crippen LogP contribution >= 0.6 is 0 Å². The average molecular weight is 649 g/mol. The SMILES string of the molecule is CC[C@H]1CN2CC[C@]3(C(=O)N(CCCCCCCCOc4ccc(OC)c(OC)c4)c4ccccc43)C2CC1/C(=C\OC)C(=O)OC. The van der Waals surface area contributed by atoms with Gasteiger partial charge in [-0.3, -0.25) is 9.69 Å². The molecular formula is C38H52N2O7. The molecule has 2 unspecified atom stereocenters. The van der Waals surface area contributed by atoms with E-state index in [2.05, 4.69) is 34.9 Å². The third-order valence-electron chi connectivity index (χ3n) is 10.6. The maximum Gasteiger partial charge on any atom is 0.337 e. The lowest BCUT2D eigenvalue weighted by atomic mass is 9.67. The van der Waals surface area contributed by atoms with Gasteiger partial charge in [-0.15, -0.1) is 0 Å². The second kappa shape index (κ2) is 15.9. The van der Waals surface area contributed by atoms with Crippen LogP contribution in [-0.4, -0.2) is 77.5 Å². The van der Waals surface area contributed by atoms with Gasteiger partial charge in [-0.25, -0.2) is 4.79 Å². The molecule has 3 aliphatic rings. The molecule has 1 amide bonds. The Balaban J connectivity index is 1.16. The van der Waals surface area contributed by atoms with Gasteiger partial charge in [0.05, 0.1) is 52.3 Å². The van der Waals surface area contributed by atoms with Crippen molar-refractivity contribution in [3.8, 4) is 17.2 Å². The normalized spacial score (nSPS) is 23.9. The number of amides is 1. The van der Waals surface area contributed by atoms with Crippen LogP contribution in [0.5, 0.6) is 17.2 Å². The zero-order valence-corrected chi connectivity index (χ0v) is 28.8. The van der Waals surface area contributed by atoms with Gasteiger partial charge in [-0.05, 0) is 67.8 Å². The van der Waals surface area contributed by atoms with E-state index in [4.69, 9.17) is 23.7 Å². The monoisotopic (exact) mass is 648 g/mol. The van der Waals surface area contributed by atoms with Crippen molar-refractivity contribution in [2.24, 2.45) is 11.8 Å². The number of carbonyl (C=O) groups is 2. The minimum absolute atomic E-state index is 0.0259. The number of benzene rings is 2. The lowest BCUT2D eigenvalue weighted by Crippen LogP contribution is -2.55. The molecule has 47 heavy (non-hydrogen) atoms. The van der Waals surface area contributed by atoms with Gasteiger partial charge in [0, 0.05) is 30.9 Å². The Kier molecular flexibility index (Phi) is 11.7. The molecule has 0 aromatic heterocycles. The summed E-state index contributed by atoms with van der Waals surface area (Å²) in [4.78, 5) is 32.0. The fourth-order valence-corrected chi connectivity index (χ4v) is 8.22. The predicted octanol–water partition coefficient (Wildman–Crippen LogP) is 6.53. The Morgan fingerprint density at radius 2 is 1.70 bits per heavy atom. The number of para-hydroxylation sites is 1. The quantitative estimate of drug-likeness (QED) is 0.0879. The Hall–Kier alpha value is -3.72. The molecule has 2 saturated heterocycles. The van der Waals surface area contributed by atoms with E-state index < -0.39 is 5.41 Å². The third kappa shape index (κ3) is 6.96. The minimum Gasteiger partial charge on any atom is -0.504 e. The molecule has 0 bridgehead atoms. The van der Waals surface area contributed by atoms with Crippen LogP contribution in [0, 0.1) is 11.8 Å². The van der Waals surface area contributed by atoms with Crippen LogP contribution in [0.3, 0.4) is 0 Å². The summed E-state index contributed by atoms with van der Waals surface area (Å²) < 4.78 is 27.1. The number of ether oxygens (including phenoxy) is 5. The number of piperidine rings is 1. The van der Waals surface area contributed by atoms with Crippen molar-refractivity contribution in [2.75, 3.05) is 59.6 Å². The molecule has 0 radical (unpaired) electrons. The van der Waals surface area contributed by atoms with E-state index in [-0.39, 0.29) is 23.8 Å².